The van der Waals surface area contributed by atoms with E-state index in [2.05, 4.69) is 10.3 Å². The monoisotopic (exact) mass is 558 g/mol. The summed E-state index contributed by atoms with van der Waals surface area (Å²) >= 11 is 0. The first-order valence-electron chi connectivity index (χ1n) is 13.6. The molecule has 3 amide bonds. The maximum Gasteiger partial charge on any atom is 0.257 e. The molecular formula is C31H34N4O6. The molecule has 1 N–H and O–H groups in total. The predicted octanol–water partition coefficient (Wildman–Crippen LogP) is 3.20. The van der Waals surface area contributed by atoms with Crippen molar-refractivity contribution in [2.75, 3.05) is 33.9 Å². The third kappa shape index (κ3) is 5.60. The van der Waals surface area contributed by atoms with Crippen LogP contribution in [0.2, 0.25) is 0 Å². The van der Waals surface area contributed by atoms with Crippen molar-refractivity contribution < 1.29 is 28.6 Å². The van der Waals surface area contributed by atoms with E-state index in [0.717, 1.165) is 5.56 Å². The van der Waals surface area contributed by atoms with Gasteiger partial charge >= 0.3 is 0 Å². The minimum absolute atomic E-state index is 0.0648. The summed E-state index contributed by atoms with van der Waals surface area (Å²) in [6.45, 7) is 2.88. The highest BCUT2D eigenvalue weighted by Gasteiger charge is 2.54. The maximum atomic E-state index is 14.0. The van der Waals surface area contributed by atoms with Gasteiger partial charge in [0, 0.05) is 43.3 Å². The molecule has 1 aromatic heterocycles. The Hall–Kier alpha value is -4.44. The van der Waals surface area contributed by atoms with E-state index in [4.69, 9.17) is 14.2 Å². The average molecular weight is 559 g/mol. The number of ether oxygens (including phenoxy) is 3. The summed E-state index contributed by atoms with van der Waals surface area (Å²) in [6, 6.07) is 17.1. The van der Waals surface area contributed by atoms with Crippen molar-refractivity contribution in [3.63, 3.8) is 0 Å². The van der Waals surface area contributed by atoms with Crippen LogP contribution in [0.25, 0.3) is 0 Å². The van der Waals surface area contributed by atoms with Gasteiger partial charge in [-0.05, 0) is 48.9 Å². The van der Waals surface area contributed by atoms with Crippen LogP contribution in [0.15, 0.2) is 66.9 Å². The van der Waals surface area contributed by atoms with Crippen LogP contribution < -0.4 is 14.8 Å². The Morgan fingerprint density at radius 3 is 2.39 bits per heavy atom. The number of amides is 3. The topological polar surface area (TPSA) is 110 Å². The highest BCUT2D eigenvalue weighted by atomic mass is 16.5. The van der Waals surface area contributed by atoms with Gasteiger partial charge in [0.1, 0.15) is 11.8 Å². The first-order chi connectivity index (χ1) is 19.9. The number of aromatic nitrogens is 1. The number of aryl methyl sites for hydroxylation is 1. The van der Waals surface area contributed by atoms with Crippen LogP contribution in [0.5, 0.6) is 11.5 Å². The van der Waals surface area contributed by atoms with Gasteiger partial charge in [-0.15, -0.1) is 0 Å². The average Bonchev–Trinajstić information content (AvgIpc) is 3.38. The fourth-order valence-corrected chi connectivity index (χ4v) is 5.52. The largest absolute Gasteiger partial charge is 0.493 e. The molecule has 2 aliphatic rings. The van der Waals surface area contributed by atoms with E-state index in [1.807, 2.05) is 43.3 Å². The fraction of sp³-hybridized carbons (Fsp3) is 0.355. The second-order valence-electron chi connectivity index (χ2n) is 10.2. The zero-order valence-corrected chi connectivity index (χ0v) is 23.5. The number of piperidine rings is 1. The van der Waals surface area contributed by atoms with Gasteiger partial charge in [0.15, 0.2) is 11.5 Å². The molecule has 0 bridgehead atoms. The number of hydrogen-bond donors (Lipinski definition) is 1. The molecule has 2 aliphatic heterocycles. The lowest BCUT2D eigenvalue weighted by Crippen LogP contribution is -2.59. The molecule has 2 saturated heterocycles. The summed E-state index contributed by atoms with van der Waals surface area (Å²) in [5.74, 6) is 0.288. The number of pyridine rings is 1. The van der Waals surface area contributed by atoms with Crippen LogP contribution in [-0.4, -0.2) is 78.2 Å². The minimum Gasteiger partial charge on any atom is -0.493 e. The third-order valence-corrected chi connectivity index (χ3v) is 7.79. The first-order valence-corrected chi connectivity index (χ1v) is 13.6. The standard InChI is InChI=1S/C31H34N4O6/c1-21-8-4-5-10-24(21)30(38)35-25(28(36)33-19-23-9-6-7-15-32-23)20-41-31(35)13-16-34(17-14-31)29(37)22-11-12-26(39-2)27(18-22)40-3/h4-12,15,18,25H,13-14,16-17,19-20H2,1-3H3,(H,33,36). The Labute approximate surface area is 239 Å². The molecule has 0 radical (unpaired) electrons. The minimum atomic E-state index is -1.01. The SMILES string of the molecule is COc1ccc(C(=O)N2CCC3(CC2)OCC(C(=O)NCc2ccccn2)N3C(=O)c2ccccc2C)cc1OC. The number of carbonyl (C=O) groups excluding carboxylic acids is 3. The van der Waals surface area contributed by atoms with Crippen molar-refractivity contribution in [3.8, 4) is 11.5 Å². The molecule has 0 aliphatic carbocycles. The zero-order valence-electron chi connectivity index (χ0n) is 23.5. The molecule has 0 saturated carbocycles. The Balaban J connectivity index is 1.36. The van der Waals surface area contributed by atoms with Gasteiger partial charge in [0.25, 0.3) is 11.8 Å². The van der Waals surface area contributed by atoms with E-state index >= 15 is 0 Å². The molecule has 1 unspecified atom stereocenters. The lowest BCUT2D eigenvalue weighted by molar-refractivity contribution is -0.128. The maximum absolute atomic E-state index is 14.0. The van der Waals surface area contributed by atoms with Crippen LogP contribution in [0.3, 0.4) is 0 Å². The number of likely N-dealkylation sites (tertiary alicyclic amines) is 1. The summed E-state index contributed by atoms with van der Waals surface area (Å²) in [4.78, 5) is 48.5. The molecule has 2 aromatic carbocycles. The highest BCUT2D eigenvalue weighted by Crippen LogP contribution is 2.39. The highest BCUT2D eigenvalue weighted by molar-refractivity contribution is 5.99. The van der Waals surface area contributed by atoms with E-state index in [1.54, 1.807) is 47.4 Å². The summed E-state index contributed by atoms with van der Waals surface area (Å²) in [5, 5.41) is 2.92. The van der Waals surface area contributed by atoms with Gasteiger partial charge in [0.2, 0.25) is 5.91 Å². The van der Waals surface area contributed by atoms with Gasteiger partial charge in [0.05, 0.1) is 33.1 Å². The molecule has 3 heterocycles. The van der Waals surface area contributed by atoms with Gasteiger partial charge in [-0.2, -0.15) is 0 Å². The summed E-state index contributed by atoms with van der Waals surface area (Å²) in [5.41, 5.74) is 1.51. The van der Waals surface area contributed by atoms with Crippen molar-refractivity contribution in [1.82, 2.24) is 20.1 Å². The van der Waals surface area contributed by atoms with E-state index in [-0.39, 0.29) is 30.9 Å². The van der Waals surface area contributed by atoms with Gasteiger partial charge in [-0.1, -0.05) is 24.3 Å². The third-order valence-electron chi connectivity index (χ3n) is 7.79. The van der Waals surface area contributed by atoms with Crippen molar-refractivity contribution in [2.45, 2.75) is 38.1 Å². The van der Waals surface area contributed by atoms with Crippen LogP contribution in [0.4, 0.5) is 0 Å². The van der Waals surface area contributed by atoms with E-state index in [1.165, 1.54) is 7.11 Å². The number of rotatable bonds is 7. The van der Waals surface area contributed by atoms with Crippen LogP contribution in [-0.2, 0) is 16.1 Å². The number of carbonyl (C=O) groups is 3. The quantitative estimate of drug-likeness (QED) is 0.474. The molecule has 214 valence electrons. The number of nitrogens with zero attached hydrogens (tertiary/aromatic N) is 3. The van der Waals surface area contributed by atoms with Gasteiger partial charge < -0.3 is 24.4 Å². The van der Waals surface area contributed by atoms with Gasteiger partial charge in [-0.25, -0.2) is 0 Å². The van der Waals surface area contributed by atoms with Crippen LogP contribution in [0.1, 0.15) is 44.8 Å². The van der Waals surface area contributed by atoms with Crippen molar-refractivity contribution in [1.29, 1.82) is 0 Å². The molecule has 10 nitrogen and oxygen atoms in total. The summed E-state index contributed by atoms with van der Waals surface area (Å²) in [7, 11) is 3.07. The van der Waals surface area contributed by atoms with E-state index < -0.39 is 11.8 Å². The fourth-order valence-electron chi connectivity index (χ4n) is 5.52. The Bertz CT molecular complexity index is 1420. The number of nitrogens with one attached hydrogen (secondary N) is 1. The smallest absolute Gasteiger partial charge is 0.257 e. The molecule has 3 aromatic rings. The molecule has 1 atom stereocenters. The van der Waals surface area contributed by atoms with E-state index in [9.17, 15) is 14.4 Å². The molecule has 10 heteroatoms. The van der Waals surface area contributed by atoms with Crippen molar-refractivity contribution >= 4 is 17.7 Å². The second kappa shape index (κ2) is 12.0. The Morgan fingerprint density at radius 2 is 1.71 bits per heavy atom. The van der Waals surface area contributed by atoms with Crippen LogP contribution in [0, 0.1) is 6.92 Å². The molecule has 5 rings (SSSR count). The summed E-state index contributed by atoms with van der Waals surface area (Å²) < 4.78 is 17.0. The molecule has 2 fully saturated rings. The van der Waals surface area contributed by atoms with Crippen molar-refractivity contribution in [3.05, 3.63) is 89.2 Å². The Kier molecular flexibility index (Phi) is 8.21. The van der Waals surface area contributed by atoms with E-state index in [0.29, 0.717) is 54.3 Å². The molecular weight excluding hydrogens is 524 g/mol. The second-order valence-corrected chi connectivity index (χ2v) is 10.2. The number of hydrogen-bond acceptors (Lipinski definition) is 7. The van der Waals surface area contributed by atoms with Crippen LogP contribution >= 0.6 is 0 Å². The Morgan fingerprint density at radius 1 is 0.976 bits per heavy atom. The first kappa shape index (κ1) is 28.1. The number of methoxy groups -OCH3 is 2. The lowest BCUT2D eigenvalue weighted by Gasteiger charge is -2.44. The molecule has 1 spiro atoms. The lowest BCUT2D eigenvalue weighted by atomic mass is 9.95. The number of benzene rings is 2. The summed E-state index contributed by atoms with van der Waals surface area (Å²) in [6.07, 6.45) is 2.40. The van der Waals surface area contributed by atoms with Crippen molar-refractivity contribution in [2.24, 2.45) is 0 Å². The molecule has 41 heavy (non-hydrogen) atoms. The zero-order chi connectivity index (χ0) is 29.0. The predicted molar refractivity (Wildman–Crippen MR) is 151 cm³/mol. The van der Waals surface area contributed by atoms with Gasteiger partial charge in [-0.3, -0.25) is 24.3 Å². The normalized spacial score (nSPS) is 17.8.